The number of benzene rings is 1. The van der Waals surface area contributed by atoms with Crippen LogP contribution in [0, 0.1) is 18.0 Å². The van der Waals surface area contributed by atoms with Gasteiger partial charge in [-0.25, -0.2) is 18.1 Å². The van der Waals surface area contributed by atoms with Gasteiger partial charge in [-0.2, -0.15) is 13.2 Å². The Balaban J connectivity index is 1.93. The van der Waals surface area contributed by atoms with Crippen LogP contribution in [-0.2, 0) is 9.84 Å². The van der Waals surface area contributed by atoms with E-state index in [1.54, 1.807) is 25.3 Å². The molecule has 2 heterocycles. The molecule has 1 N–H and O–H groups in total. The van der Waals surface area contributed by atoms with Gasteiger partial charge in [-0.3, -0.25) is 0 Å². The molecule has 1 aliphatic rings. The van der Waals surface area contributed by atoms with Crippen LogP contribution in [0.25, 0.3) is 22.2 Å². The molecule has 4 rings (SSSR count). The Bertz CT molecular complexity index is 1290. The fourth-order valence-corrected chi connectivity index (χ4v) is 4.86. The number of halogens is 3. The maximum Gasteiger partial charge on any atom is 0.408 e. The van der Waals surface area contributed by atoms with Gasteiger partial charge in [-0.05, 0) is 69.9 Å². The highest BCUT2D eigenvalue weighted by Gasteiger charge is 2.57. The molecule has 1 saturated carbocycles. The predicted octanol–water partition coefficient (Wildman–Crippen LogP) is 4.68. The van der Waals surface area contributed by atoms with Crippen LogP contribution < -0.4 is 9.47 Å². The van der Waals surface area contributed by atoms with E-state index in [1.165, 1.54) is 12.1 Å². The van der Waals surface area contributed by atoms with E-state index in [1.807, 2.05) is 0 Å². The second kappa shape index (κ2) is 7.40. The normalized spacial score (nSPS) is 15.3. The molecule has 172 valence electrons. The third kappa shape index (κ3) is 3.60. The number of hydrogen-bond acceptors (Lipinski definition) is 4. The highest BCUT2D eigenvalue weighted by Crippen LogP contribution is 2.43. The lowest BCUT2D eigenvalue weighted by Gasteiger charge is -2.28. The van der Waals surface area contributed by atoms with Crippen LogP contribution in [-0.4, -0.2) is 30.9 Å². The lowest BCUT2D eigenvalue weighted by atomic mass is 10.0. The van der Waals surface area contributed by atoms with Crippen LogP contribution in [0.15, 0.2) is 41.4 Å². The molecule has 0 atom stereocenters. The number of sulfone groups is 1. The number of H-pyrrole nitrogens is 1. The Morgan fingerprint density at radius 1 is 1.16 bits per heavy atom. The number of hydrogen-bond donors (Lipinski definition) is 1. The minimum atomic E-state index is -4.96. The molecule has 32 heavy (non-hydrogen) atoms. The van der Waals surface area contributed by atoms with Crippen molar-refractivity contribution in [3.63, 3.8) is 0 Å². The fraction of sp³-hybridized carbons (Fsp3) is 0.409. The first kappa shape index (κ1) is 22.4. The van der Waals surface area contributed by atoms with Gasteiger partial charge in [-0.15, -0.1) is 0 Å². The number of fused-ring (bicyclic) bond motifs is 1. The van der Waals surface area contributed by atoms with Crippen LogP contribution in [0.5, 0.6) is 5.75 Å². The van der Waals surface area contributed by atoms with Crippen molar-refractivity contribution in [1.29, 1.82) is 0 Å². The SMILES string of the molecule is Cc1cc(-c2cc(S(=O)(=O)C(C)(C)C(F)(F)F)ccc2OCC2CC2)c2cc[nH]c2[n+]1[O-]. The number of aromatic amines is 1. The second-order valence-corrected chi connectivity index (χ2v) is 11.2. The number of aromatic nitrogens is 2. The molecule has 0 aliphatic heterocycles. The van der Waals surface area contributed by atoms with Crippen molar-refractivity contribution in [3.8, 4) is 16.9 Å². The lowest BCUT2D eigenvalue weighted by Crippen LogP contribution is -2.46. The Hall–Kier alpha value is -2.75. The average Bonchev–Trinajstić information content (AvgIpc) is 3.41. The van der Waals surface area contributed by atoms with Crippen molar-refractivity contribution in [3.05, 3.63) is 47.4 Å². The van der Waals surface area contributed by atoms with Gasteiger partial charge in [0.25, 0.3) is 5.65 Å². The van der Waals surface area contributed by atoms with Crippen LogP contribution in [0.3, 0.4) is 0 Å². The van der Waals surface area contributed by atoms with Gasteiger partial charge in [0.05, 0.1) is 23.1 Å². The van der Waals surface area contributed by atoms with Crippen LogP contribution in [0.4, 0.5) is 13.2 Å². The summed E-state index contributed by atoms with van der Waals surface area (Å²) in [7, 11) is -4.78. The van der Waals surface area contributed by atoms with E-state index >= 15 is 0 Å². The number of rotatable bonds is 6. The van der Waals surface area contributed by atoms with Gasteiger partial charge in [0.1, 0.15) is 11.4 Å². The van der Waals surface area contributed by atoms with Crippen molar-refractivity contribution < 1.29 is 31.1 Å². The molecule has 0 bridgehead atoms. The van der Waals surface area contributed by atoms with E-state index in [0.29, 0.717) is 59.1 Å². The molecule has 6 nitrogen and oxygen atoms in total. The maximum atomic E-state index is 13.6. The first-order valence-corrected chi connectivity index (χ1v) is 11.6. The Morgan fingerprint density at radius 3 is 2.47 bits per heavy atom. The number of ether oxygens (including phenoxy) is 1. The van der Waals surface area contributed by atoms with E-state index in [4.69, 9.17) is 4.74 Å². The zero-order valence-corrected chi connectivity index (χ0v) is 18.6. The van der Waals surface area contributed by atoms with Crippen LogP contribution >= 0.6 is 0 Å². The molecular formula is C22H23F3N2O4S. The zero-order valence-electron chi connectivity index (χ0n) is 17.8. The summed E-state index contributed by atoms with van der Waals surface area (Å²) in [6.45, 7) is 3.32. The Labute approximate surface area is 183 Å². The predicted molar refractivity (Wildman–Crippen MR) is 113 cm³/mol. The van der Waals surface area contributed by atoms with E-state index in [0.717, 1.165) is 18.9 Å². The summed E-state index contributed by atoms with van der Waals surface area (Å²) in [5.74, 6) is 0.759. The minimum absolute atomic E-state index is 0.261. The summed E-state index contributed by atoms with van der Waals surface area (Å²) in [5.41, 5.74) is 1.42. The molecule has 0 spiro atoms. The van der Waals surface area contributed by atoms with Crippen molar-refractivity contribution in [2.24, 2.45) is 5.92 Å². The molecule has 3 aromatic rings. The van der Waals surface area contributed by atoms with E-state index in [2.05, 4.69) is 4.98 Å². The molecule has 1 aliphatic carbocycles. The highest BCUT2D eigenvalue weighted by molar-refractivity contribution is 7.92. The summed E-state index contributed by atoms with van der Waals surface area (Å²) in [6.07, 6.45) is -1.33. The smallest absolute Gasteiger partial charge is 0.408 e. The summed E-state index contributed by atoms with van der Waals surface area (Å²) in [5, 5.41) is 12.9. The first-order chi connectivity index (χ1) is 14.8. The third-order valence-corrected chi connectivity index (χ3v) is 8.42. The molecule has 0 unspecified atom stereocenters. The molecular weight excluding hydrogens is 445 g/mol. The molecule has 2 aromatic heterocycles. The van der Waals surface area contributed by atoms with Gasteiger partial charge in [0.15, 0.2) is 14.6 Å². The molecule has 0 radical (unpaired) electrons. The molecule has 0 amide bonds. The zero-order chi connectivity index (χ0) is 23.5. The number of nitrogens with zero attached hydrogens (tertiary/aromatic N) is 1. The quantitative estimate of drug-likeness (QED) is 0.420. The summed E-state index contributed by atoms with van der Waals surface area (Å²) >= 11 is 0. The molecule has 1 fully saturated rings. The van der Waals surface area contributed by atoms with Crippen molar-refractivity contribution in [1.82, 2.24) is 4.98 Å². The minimum Gasteiger partial charge on any atom is -0.710 e. The third-order valence-electron chi connectivity index (χ3n) is 5.97. The standard InChI is InChI=1S/C22H23F3N2O4S/c1-13-10-17(16-8-9-26-20(16)27(13)28)18-11-15(6-7-19(18)31-12-14-4-5-14)32(29,30)21(2,3)22(23,24)25/h6-11,14,26H,4-5,12H2,1-3H3. The summed E-state index contributed by atoms with van der Waals surface area (Å²) in [6, 6.07) is 6.98. The maximum absolute atomic E-state index is 13.6. The summed E-state index contributed by atoms with van der Waals surface area (Å²) in [4.78, 5) is 2.39. The van der Waals surface area contributed by atoms with Crippen molar-refractivity contribution in [2.75, 3.05) is 6.61 Å². The largest absolute Gasteiger partial charge is 0.710 e. The van der Waals surface area contributed by atoms with Crippen LogP contribution in [0.2, 0.25) is 0 Å². The van der Waals surface area contributed by atoms with E-state index in [-0.39, 0.29) is 5.65 Å². The van der Waals surface area contributed by atoms with Gasteiger partial charge >= 0.3 is 6.18 Å². The fourth-order valence-electron chi connectivity index (χ4n) is 3.44. The number of aryl methyl sites for hydroxylation is 1. The van der Waals surface area contributed by atoms with Gasteiger partial charge in [0.2, 0.25) is 0 Å². The van der Waals surface area contributed by atoms with Crippen molar-refractivity contribution >= 4 is 20.9 Å². The molecule has 0 saturated heterocycles. The number of nitrogens with one attached hydrogen (secondary N) is 1. The lowest BCUT2D eigenvalue weighted by molar-refractivity contribution is -0.586. The van der Waals surface area contributed by atoms with E-state index in [9.17, 15) is 26.8 Å². The monoisotopic (exact) mass is 468 g/mol. The molecule has 1 aromatic carbocycles. The van der Waals surface area contributed by atoms with E-state index < -0.39 is 25.7 Å². The van der Waals surface area contributed by atoms with Gasteiger partial charge in [-0.1, -0.05) is 0 Å². The average molecular weight is 468 g/mol. The Kier molecular flexibility index (Phi) is 5.19. The highest BCUT2D eigenvalue weighted by atomic mass is 32.2. The summed E-state index contributed by atoms with van der Waals surface area (Å²) < 4.78 is 70.3. The first-order valence-electron chi connectivity index (χ1n) is 10.1. The Morgan fingerprint density at radius 2 is 1.84 bits per heavy atom. The van der Waals surface area contributed by atoms with Crippen LogP contribution in [0.1, 0.15) is 32.4 Å². The van der Waals surface area contributed by atoms with Crippen molar-refractivity contribution in [2.45, 2.75) is 49.4 Å². The number of pyridine rings is 1. The molecule has 10 heteroatoms. The number of alkyl halides is 3. The topological polar surface area (TPSA) is 86.1 Å². The van der Waals surface area contributed by atoms with Gasteiger partial charge < -0.3 is 9.94 Å². The van der Waals surface area contributed by atoms with Gasteiger partial charge in [0, 0.05) is 11.1 Å². The second-order valence-electron chi connectivity index (χ2n) is 8.66.